The lowest BCUT2D eigenvalue weighted by molar-refractivity contribution is 0.0913. The van der Waals surface area contributed by atoms with E-state index in [1.165, 1.54) is 5.56 Å². The molecule has 1 fully saturated rings. The first-order valence-electron chi connectivity index (χ1n) is 11.6. The molecule has 1 heterocycles. The molecule has 178 valence electrons. The third-order valence-electron chi connectivity index (χ3n) is 6.77. The monoisotopic (exact) mass is 496 g/mol. The normalized spacial score (nSPS) is 16.6. The highest BCUT2D eigenvalue weighted by Gasteiger charge is 2.38. The molecule has 1 aliphatic rings. The fourth-order valence-electron chi connectivity index (χ4n) is 4.76. The number of carbonyl (C=O) groups excluding carboxylic acids is 1. The van der Waals surface area contributed by atoms with E-state index >= 15 is 0 Å². The second-order valence-electron chi connectivity index (χ2n) is 8.83. The summed E-state index contributed by atoms with van der Waals surface area (Å²) in [7, 11) is 1.58. The van der Waals surface area contributed by atoms with Gasteiger partial charge in [0.1, 0.15) is 5.75 Å². The van der Waals surface area contributed by atoms with Crippen LogP contribution in [0.25, 0.3) is 0 Å². The summed E-state index contributed by atoms with van der Waals surface area (Å²) in [6.07, 6.45) is 2.55. The van der Waals surface area contributed by atoms with Crippen molar-refractivity contribution in [1.82, 2.24) is 10.2 Å². The molecular weight excluding hydrogens is 467 g/mol. The summed E-state index contributed by atoms with van der Waals surface area (Å²) < 4.78 is 5.37. The minimum Gasteiger partial charge on any atom is -0.496 e. The van der Waals surface area contributed by atoms with Gasteiger partial charge in [0.15, 0.2) is 0 Å². The van der Waals surface area contributed by atoms with Crippen molar-refractivity contribution in [2.75, 3.05) is 26.7 Å². The number of rotatable bonds is 8. The topological polar surface area (TPSA) is 41.6 Å². The number of carbonyl (C=O) groups is 1. The van der Waals surface area contributed by atoms with Crippen LogP contribution in [0.2, 0.25) is 5.02 Å². The standard InChI is InChI=1S/C28H30Cl2N2O2/c1-34-25-13-6-5-12-24(25)27(33)31-20-28(22-9-3-2-4-10-22)14-16-32(17-15-28)26(30)19-21-8-7-11-23(29)18-21/h2-13,18,26H,14-17,19-20H2,1H3,(H,31,33). The zero-order chi connectivity index (χ0) is 24.0. The molecule has 3 aromatic carbocycles. The van der Waals surface area contributed by atoms with Crippen LogP contribution in [0.4, 0.5) is 0 Å². The van der Waals surface area contributed by atoms with E-state index in [0.29, 0.717) is 17.9 Å². The Morgan fingerprint density at radius 3 is 2.44 bits per heavy atom. The summed E-state index contributed by atoms with van der Waals surface area (Å²) in [5.74, 6) is 0.459. The number of piperidine rings is 1. The van der Waals surface area contributed by atoms with Crippen LogP contribution < -0.4 is 10.1 Å². The Hall–Kier alpha value is -2.53. The molecule has 34 heavy (non-hydrogen) atoms. The van der Waals surface area contributed by atoms with Crippen molar-refractivity contribution >= 4 is 29.1 Å². The van der Waals surface area contributed by atoms with E-state index in [-0.39, 0.29) is 16.8 Å². The van der Waals surface area contributed by atoms with Crippen LogP contribution in [0.1, 0.15) is 34.3 Å². The maximum atomic E-state index is 13.0. The molecule has 0 aliphatic carbocycles. The molecule has 4 rings (SSSR count). The van der Waals surface area contributed by atoms with Gasteiger partial charge in [-0.15, -0.1) is 11.6 Å². The maximum absolute atomic E-state index is 13.0. The van der Waals surface area contributed by atoms with Gasteiger partial charge >= 0.3 is 0 Å². The van der Waals surface area contributed by atoms with Gasteiger partial charge < -0.3 is 10.1 Å². The van der Waals surface area contributed by atoms with E-state index in [1.54, 1.807) is 19.2 Å². The Morgan fingerprint density at radius 2 is 1.74 bits per heavy atom. The molecule has 6 heteroatoms. The van der Waals surface area contributed by atoms with Gasteiger partial charge in [-0.1, -0.05) is 66.2 Å². The Morgan fingerprint density at radius 1 is 1.03 bits per heavy atom. The van der Waals surface area contributed by atoms with Crippen LogP contribution in [0, 0.1) is 0 Å². The van der Waals surface area contributed by atoms with Crippen molar-refractivity contribution in [2.24, 2.45) is 0 Å². The fourth-order valence-corrected chi connectivity index (χ4v) is 5.34. The Balaban J connectivity index is 1.46. The molecule has 1 saturated heterocycles. The highest BCUT2D eigenvalue weighted by molar-refractivity contribution is 6.30. The number of amides is 1. The molecular formula is C28H30Cl2N2O2. The molecule has 1 unspecified atom stereocenters. The summed E-state index contributed by atoms with van der Waals surface area (Å²) in [5, 5.41) is 3.92. The van der Waals surface area contributed by atoms with E-state index < -0.39 is 0 Å². The number of nitrogens with one attached hydrogen (secondary N) is 1. The summed E-state index contributed by atoms with van der Waals surface area (Å²) in [5.41, 5.74) is 2.68. The fraction of sp³-hybridized carbons (Fsp3) is 0.321. The van der Waals surface area contributed by atoms with E-state index in [2.05, 4.69) is 40.5 Å². The van der Waals surface area contributed by atoms with Gasteiger partial charge in [0.25, 0.3) is 5.91 Å². The lowest BCUT2D eigenvalue weighted by Gasteiger charge is -2.44. The quantitative estimate of drug-likeness (QED) is 0.310. The first-order chi connectivity index (χ1) is 16.5. The Kier molecular flexibility index (Phi) is 8.15. The number of methoxy groups -OCH3 is 1. The Labute approximate surface area is 211 Å². The summed E-state index contributed by atoms with van der Waals surface area (Å²) in [6, 6.07) is 25.7. The molecule has 1 aliphatic heterocycles. The van der Waals surface area contributed by atoms with Crippen molar-refractivity contribution in [3.05, 3.63) is 101 Å². The molecule has 4 nitrogen and oxygen atoms in total. The first-order valence-corrected chi connectivity index (χ1v) is 12.4. The predicted molar refractivity (Wildman–Crippen MR) is 139 cm³/mol. The number of para-hydroxylation sites is 1. The summed E-state index contributed by atoms with van der Waals surface area (Å²) in [6.45, 7) is 2.27. The average molecular weight is 497 g/mol. The largest absolute Gasteiger partial charge is 0.496 e. The van der Waals surface area contributed by atoms with Gasteiger partial charge in [-0.25, -0.2) is 0 Å². The SMILES string of the molecule is COc1ccccc1C(=O)NCC1(c2ccccc2)CCN(C(Cl)Cc2cccc(Cl)c2)CC1. The van der Waals surface area contributed by atoms with Crippen LogP contribution in [-0.2, 0) is 11.8 Å². The third-order valence-corrected chi connectivity index (χ3v) is 7.44. The number of nitrogens with zero attached hydrogens (tertiary/aromatic N) is 1. The van der Waals surface area contributed by atoms with E-state index in [1.807, 2.05) is 36.4 Å². The van der Waals surface area contributed by atoms with Crippen LogP contribution >= 0.6 is 23.2 Å². The van der Waals surface area contributed by atoms with Gasteiger partial charge in [-0.05, 0) is 48.2 Å². The smallest absolute Gasteiger partial charge is 0.255 e. The van der Waals surface area contributed by atoms with E-state index in [9.17, 15) is 4.79 Å². The number of hydrogen-bond acceptors (Lipinski definition) is 3. The van der Waals surface area contributed by atoms with Crippen molar-refractivity contribution in [2.45, 2.75) is 30.2 Å². The average Bonchev–Trinajstić information content (AvgIpc) is 2.88. The molecule has 0 spiro atoms. The number of benzene rings is 3. The van der Waals surface area contributed by atoms with Gasteiger partial charge in [-0.3, -0.25) is 9.69 Å². The van der Waals surface area contributed by atoms with Gasteiger partial charge in [0.2, 0.25) is 0 Å². The molecule has 0 radical (unpaired) electrons. The second kappa shape index (κ2) is 11.3. The molecule has 1 atom stereocenters. The highest BCUT2D eigenvalue weighted by Crippen LogP contribution is 2.36. The highest BCUT2D eigenvalue weighted by atomic mass is 35.5. The third kappa shape index (κ3) is 5.75. The number of hydrogen-bond donors (Lipinski definition) is 1. The second-order valence-corrected chi connectivity index (χ2v) is 9.77. The predicted octanol–water partition coefficient (Wildman–Crippen LogP) is 5.92. The van der Waals surface area contributed by atoms with Gasteiger partial charge in [0.05, 0.1) is 18.2 Å². The number of likely N-dealkylation sites (tertiary alicyclic amines) is 1. The summed E-state index contributed by atoms with van der Waals surface area (Å²) in [4.78, 5) is 15.3. The van der Waals surface area contributed by atoms with Gasteiger partial charge in [0, 0.05) is 36.5 Å². The van der Waals surface area contributed by atoms with Crippen molar-refractivity contribution < 1.29 is 9.53 Å². The van der Waals surface area contributed by atoms with Crippen LogP contribution in [0.3, 0.4) is 0 Å². The van der Waals surface area contributed by atoms with Crippen molar-refractivity contribution in [3.63, 3.8) is 0 Å². The lowest BCUT2D eigenvalue weighted by Crippen LogP contribution is -2.50. The zero-order valence-corrected chi connectivity index (χ0v) is 20.9. The zero-order valence-electron chi connectivity index (χ0n) is 19.3. The Bertz CT molecular complexity index is 1100. The van der Waals surface area contributed by atoms with Gasteiger partial charge in [-0.2, -0.15) is 0 Å². The van der Waals surface area contributed by atoms with Crippen LogP contribution in [-0.4, -0.2) is 43.1 Å². The lowest BCUT2D eigenvalue weighted by atomic mass is 9.72. The van der Waals surface area contributed by atoms with Crippen LogP contribution in [0.5, 0.6) is 5.75 Å². The first kappa shape index (κ1) is 24.6. The van der Waals surface area contributed by atoms with Crippen molar-refractivity contribution in [1.29, 1.82) is 0 Å². The number of ether oxygens (including phenoxy) is 1. The molecule has 0 bridgehead atoms. The number of halogens is 2. The molecule has 0 saturated carbocycles. The van der Waals surface area contributed by atoms with Crippen molar-refractivity contribution in [3.8, 4) is 5.75 Å². The minimum atomic E-state index is -0.151. The van der Waals surface area contributed by atoms with E-state index in [0.717, 1.165) is 42.9 Å². The minimum absolute atomic E-state index is 0.101. The molecule has 1 amide bonds. The number of alkyl halides is 1. The summed E-state index contributed by atoms with van der Waals surface area (Å²) >= 11 is 13.0. The maximum Gasteiger partial charge on any atom is 0.255 e. The molecule has 0 aromatic heterocycles. The van der Waals surface area contributed by atoms with Crippen LogP contribution in [0.15, 0.2) is 78.9 Å². The molecule has 3 aromatic rings. The molecule has 1 N–H and O–H groups in total. The van der Waals surface area contributed by atoms with E-state index in [4.69, 9.17) is 27.9 Å².